The van der Waals surface area contributed by atoms with Crippen LogP contribution in [0.25, 0.3) is 11.3 Å². The topological polar surface area (TPSA) is 52.5 Å². The lowest BCUT2D eigenvalue weighted by molar-refractivity contribution is -0.137. The van der Waals surface area contributed by atoms with Gasteiger partial charge in [0.15, 0.2) is 0 Å². The van der Waals surface area contributed by atoms with E-state index in [9.17, 15) is 9.18 Å². The second kappa shape index (κ2) is 8.96. The zero-order valence-corrected chi connectivity index (χ0v) is 15.0. The standard InChI is InChI=1S/C20H25FN2O3/c1-22-11-15-10-20(18-4-2-3-5-19(18)21)23(12-15)13-25-16-6-8-17(9-7-16)26-14-24/h2-5,10,12,14,16-17,22H,6-9,11,13H2,1H3. The molecule has 0 unspecified atom stereocenters. The number of carbonyl (C=O) groups excluding carboxylic acids is 1. The minimum atomic E-state index is -0.241. The molecule has 0 amide bonds. The van der Waals surface area contributed by atoms with E-state index in [0.717, 1.165) is 36.9 Å². The van der Waals surface area contributed by atoms with E-state index in [2.05, 4.69) is 5.32 Å². The summed E-state index contributed by atoms with van der Waals surface area (Å²) in [4.78, 5) is 10.4. The van der Waals surface area contributed by atoms with Gasteiger partial charge in [-0.05, 0) is 56.5 Å². The number of hydrogen-bond acceptors (Lipinski definition) is 4. The van der Waals surface area contributed by atoms with Crippen molar-refractivity contribution < 1.29 is 18.7 Å². The maximum atomic E-state index is 14.2. The Labute approximate surface area is 153 Å². The van der Waals surface area contributed by atoms with Gasteiger partial charge in [0.1, 0.15) is 18.7 Å². The molecule has 140 valence electrons. The molecule has 1 aliphatic carbocycles. The summed E-state index contributed by atoms with van der Waals surface area (Å²) in [5, 5.41) is 3.12. The Bertz CT molecular complexity index is 724. The van der Waals surface area contributed by atoms with Crippen molar-refractivity contribution >= 4 is 6.47 Å². The van der Waals surface area contributed by atoms with Crippen LogP contribution in [0.1, 0.15) is 31.2 Å². The fraction of sp³-hybridized carbons (Fsp3) is 0.450. The van der Waals surface area contributed by atoms with Gasteiger partial charge < -0.3 is 19.4 Å². The number of carbonyl (C=O) groups is 1. The Morgan fingerprint density at radius 1 is 1.23 bits per heavy atom. The lowest BCUT2D eigenvalue weighted by Gasteiger charge is -2.27. The van der Waals surface area contributed by atoms with Crippen LogP contribution in [0.5, 0.6) is 0 Å². The van der Waals surface area contributed by atoms with Crippen LogP contribution in [-0.4, -0.2) is 30.3 Å². The van der Waals surface area contributed by atoms with Crippen molar-refractivity contribution in [2.24, 2.45) is 0 Å². The predicted octanol–water partition coefficient (Wildman–Crippen LogP) is 3.47. The molecule has 1 aromatic heterocycles. The Kier molecular flexibility index (Phi) is 6.41. The minimum Gasteiger partial charge on any atom is -0.465 e. The van der Waals surface area contributed by atoms with E-state index in [1.54, 1.807) is 12.1 Å². The average Bonchev–Trinajstić information content (AvgIpc) is 3.05. The zero-order chi connectivity index (χ0) is 18.4. The molecule has 1 fully saturated rings. The molecule has 1 N–H and O–H groups in total. The number of ether oxygens (including phenoxy) is 2. The Balaban J connectivity index is 1.69. The highest BCUT2D eigenvalue weighted by molar-refractivity contribution is 5.62. The molecule has 0 aliphatic heterocycles. The number of hydrogen-bond donors (Lipinski definition) is 1. The molecule has 0 spiro atoms. The Hall–Kier alpha value is -2.18. The fourth-order valence-corrected chi connectivity index (χ4v) is 3.47. The van der Waals surface area contributed by atoms with Crippen molar-refractivity contribution in [1.29, 1.82) is 0 Å². The van der Waals surface area contributed by atoms with Gasteiger partial charge in [0.25, 0.3) is 6.47 Å². The van der Waals surface area contributed by atoms with Crippen molar-refractivity contribution in [2.45, 2.75) is 51.2 Å². The van der Waals surface area contributed by atoms with E-state index in [1.807, 2.05) is 29.9 Å². The van der Waals surface area contributed by atoms with Gasteiger partial charge >= 0.3 is 0 Å². The molecular weight excluding hydrogens is 335 g/mol. The molecule has 0 radical (unpaired) electrons. The first kappa shape index (κ1) is 18.6. The molecule has 0 saturated heterocycles. The van der Waals surface area contributed by atoms with E-state index in [-0.39, 0.29) is 18.0 Å². The van der Waals surface area contributed by atoms with Gasteiger partial charge in [-0.15, -0.1) is 0 Å². The van der Waals surface area contributed by atoms with Gasteiger partial charge in [0.2, 0.25) is 0 Å². The number of nitrogens with one attached hydrogen (secondary N) is 1. The number of halogens is 1. The molecule has 1 saturated carbocycles. The first-order valence-corrected chi connectivity index (χ1v) is 9.00. The van der Waals surface area contributed by atoms with E-state index < -0.39 is 0 Å². The number of aromatic nitrogens is 1. The van der Waals surface area contributed by atoms with Crippen molar-refractivity contribution in [3.63, 3.8) is 0 Å². The lowest BCUT2D eigenvalue weighted by Crippen LogP contribution is -2.27. The van der Waals surface area contributed by atoms with Crippen molar-refractivity contribution in [2.75, 3.05) is 7.05 Å². The first-order chi connectivity index (χ1) is 12.7. The van der Waals surface area contributed by atoms with Crippen LogP contribution >= 0.6 is 0 Å². The van der Waals surface area contributed by atoms with Gasteiger partial charge in [0, 0.05) is 18.3 Å². The van der Waals surface area contributed by atoms with Gasteiger partial charge in [-0.3, -0.25) is 4.79 Å². The lowest BCUT2D eigenvalue weighted by atomic mass is 9.95. The van der Waals surface area contributed by atoms with Crippen molar-refractivity contribution in [3.05, 3.63) is 47.9 Å². The molecule has 0 bridgehead atoms. The van der Waals surface area contributed by atoms with E-state index in [1.165, 1.54) is 6.07 Å². The molecule has 2 aromatic rings. The Morgan fingerprint density at radius 3 is 2.65 bits per heavy atom. The van der Waals surface area contributed by atoms with Crippen LogP contribution in [0.15, 0.2) is 36.5 Å². The van der Waals surface area contributed by atoms with Crippen LogP contribution in [0.3, 0.4) is 0 Å². The fourth-order valence-electron chi connectivity index (χ4n) is 3.47. The van der Waals surface area contributed by atoms with Gasteiger partial charge in [-0.2, -0.15) is 0 Å². The third-order valence-corrected chi connectivity index (χ3v) is 4.80. The molecule has 0 atom stereocenters. The van der Waals surface area contributed by atoms with Crippen LogP contribution < -0.4 is 5.32 Å². The zero-order valence-electron chi connectivity index (χ0n) is 15.0. The molecule has 26 heavy (non-hydrogen) atoms. The second-order valence-corrected chi connectivity index (χ2v) is 6.64. The molecule has 5 nitrogen and oxygen atoms in total. The third-order valence-electron chi connectivity index (χ3n) is 4.80. The maximum Gasteiger partial charge on any atom is 0.293 e. The second-order valence-electron chi connectivity index (χ2n) is 6.64. The van der Waals surface area contributed by atoms with Crippen LogP contribution in [0, 0.1) is 5.82 Å². The van der Waals surface area contributed by atoms with Crippen LogP contribution in [0.2, 0.25) is 0 Å². The first-order valence-electron chi connectivity index (χ1n) is 9.00. The summed E-state index contributed by atoms with van der Waals surface area (Å²) in [7, 11) is 1.89. The summed E-state index contributed by atoms with van der Waals surface area (Å²) in [5.74, 6) is -0.241. The summed E-state index contributed by atoms with van der Waals surface area (Å²) in [5.41, 5.74) is 2.46. The highest BCUT2D eigenvalue weighted by Crippen LogP contribution is 2.27. The number of benzene rings is 1. The van der Waals surface area contributed by atoms with Gasteiger partial charge in [-0.25, -0.2) is 4.39 Å². The van der Waals surface area contributed by atoms with Crippen LogP contribution in [-0.2, 0) is 27.5 Å². The smallest absolute Gasteiger partial charge is 0.293 e. The summed E-state index contributed by atoms with van der Waals surface area (Å²) in [6, 6.07) is 8.78. The maximum absolute atomic E-state index is 14.2. The Morgan fingerprint density at radius 2 is 1.96 bits per heavy atom. The van der Waals surface area contributed by atoms with E-state index in [4.69, 9.17) is 9.47 Å². The normalized spacial score (nSPS) is 20.1. The molecule has 1 aromatic carbocycles. The van der Waals surface area contributed by atoms with E-state index in [0.29, 0.717) is 25.3 Å². The van der Waals surface area contributed by atoms with Crippen LogP contribution in [0.4, 0.5) is 4.39 Å². The monoisotopic (exact) mass is 360 g/mol. The summed E-state index contributed by atoms with van der Waals surface area (Å²) in [6.45, 7) is 1.61. The third kappa shape index (κ3) is 4.51. The molecule has 1 heterocycles. The number of nitrogens with zero attached hydrogens (tertiary/aromatic N) is 1. The largest absolute Gasteiger partial charge is 0.465 e. The quantitative estimate of drug-likeness (QED) is 0.733. The molecule has 6 heteroatoms. The van der Waals surface area contributed by atoms with Crippen molar-refractivity contribution in [1.82, 2.24) is 9.88 Å². The highest BCUT2D eigenvalue weighted by atomic mass is 19.1. The summed E-state index contributed by atoms with van der Waals surface area (Å²) < 4.78 is 27.3. The predicted molar refractivity (Wildman–Crippen MR) is 96.9 cm³/mol. The minimum absolute atomic E-state index is 0.00938. The van der Waals surface area contributed by atoms with Gasteiger partial charge in [0.05, 0.1) is 11.8 Å². The highest BCUT2D eigenvalue weighted by Gasteiger charge is 2.23. The summed E-state index contributed by atoms with van der Waals surface area (Å²) >= 11 is 0. The molecule has 1 aliphatic rings. The summed E-state index contributed by atoms with van der Waals surface area (Å²) in [6.07, 6.45) is 5.50. The molecule has 3 rings (SSSR count). The SMILES string of the molecule is CNCc1cc(-c2ccccc2F)n(COC2CCC(OC=O)CC2)c1. The van der Waals surface area contributed by atoms with Gasteiger partial charge in [-0.1, -0.05) is 12.1 Å². The van der Waals surface area contributed by atoms with E-state index >= 15 is 0 Å². The van der Waals surface area contributed by atoms with Crippen molar-refractivity contribution in [3.8, 4) is 11.3 Å². The average molecular weight is 360 g/mol. The number of rotatable bonds is 8. The molecular formula is C20H25FN2O3.